The third-order valence-corrected chi connectivity index (χ3v) is 5.25. The van der Waals surface area contributed by atoms with Gasteiger partial charge in [-0.25, -0.2) is 4.98 Å². The molecule has 0 saturated carbocycles. The average Bonchev–Trinajstić information content (AvgIpc) is 2.94. The normalized spacial score (nSPS) is 11.3. The van der Waals surface area contributed by atoms with E-state index in [0.29, 0.717) is 30.5 Å². The molecular formula is C22H31N3O4S. The highest BCUT2D eigenvalue weighted by atomic mass is 32.1. The zero-order chi connectivity index (χ0) is 22.3. The number of rotatable bonds is 9. The van der Waals surface area contributed by atoms with Gasteiger partial charge < -0.3 is 14.8 Å². The van der Waals surface area contributed by atoms with Crippen LogP contribution in [0.25, 0.3) is 0 Å². The number of hydrogen-bond donors (Lipinski definition) is 2. The van der Waals surface area contributed by atoms with Gasteiger partial charge in [0.05, 0.1) is 25.3 Å². The van der Waals surface area contributed by atoms with Crippen molar-refractivity contribution in [3.63, 3.8) is 0 Å². The van der Waals surface area contributed by atoms with Crippen LogP contribution < -0.4 is 10.6 Å². The molecule has 0 aliphatic heterocycles. The van der Waals surface area contributed by atoms with E-state index < -0.39 is 5.60 Å². The molecule has 2 N–H and O–H groups in total. The zero-order valence-electron chi connectivity index (χ0n) is 18.5. The van der Waals surface area contributed by atoms with Crippen LogP contribution in [0.2, 0.25) is 0 Å². The quantitative estimate of drug-likeness (QED) is 0.448. The van der Waals surface area contributed by atoms with E-state index in [0.717, 1.165) is 21.8 Å². The van der Waals surface area contributed by atoms with Crippen molar-refractivity contribution >= 4 is 34.0 Å². The minimum atomic E-state index is -0.481. The van der Waals surface area contributed by atoms with Gasteiger partial charge in [0.2, 0.25) is 0 Å². The lowest BCUT2D eigenvalue weighted by Crippen LogP contribution is -2.24. The Kier molecular flexibility index (Phi) is 8.37. The molecule has 0 unspecified atom stereocenters. The number of nitrogens with one attached hydrogen (secondary N) is 2. The number of nitrogens with zero attached hydrogens (tertiary/aromatic N) is 1. The number of anilines is 2. The predicted octanol–water partition coefficient (Wildman–Crippen LogP) is 4.48. The zero-order valence-corrected chi connectivity index (χ0v) is 19.4. The molecule has 0 bridgehead atoms. The van der Waals surface area contributed by atoms with Crippen molar-refractivity contribution in [1.29, 1.82) is 0 Å². The molecular weight excluding hydrogens is 402 g/mol. The lowest BCUT2D eigenvalue weighted by atomic mass is 10.1. The van der Waals surface area contributed by atoms with E-state index in [4.69, 9.17) is 9.47 Å². The van der Waals surface area contributed by atoms with E-state index in [1.165, 1.54) is 11.3 Å². The fourth-order valence-corrected chi connectivity index (χ4v) is 3.48. The molecule has 164 valence electrons. The SMILES string of the molecule is Cc1nc(NC(=O)c2cccc(NCCOCCC(=O)OC(C)(C)C)c2C)sc1C. The van der Waals surface area contributed by atoms with Gasteiger partial charge in [-0.15, -0.1) is 11.3 Å². The van der Waals surface area contributed by atoms with E-state index >= 15 is 0 Å². The molecule has 0 fully saturated rings. The van der Waals surface area contributed by atoms with Crippen LogP contribution in [0.15, 0.2) is 18.2 Å². The number of aromatic nitrogens is 1. The molecule has 0 radical (unpaired) electrons. The van der Waals surface area contributed by atoms with Crippen molar-refractivity contribution in [2.45, 2.75) is 53.6 Å². The second-order valence-corrected chi connectivity index (χ2v) is 9.17. The van der Waals surface area contributed by atoms with Crippen molar-refractivity contribution in [2.24, 2.45) is 0 Å². The van der Waals surface area contributed by atoms with Gasteiger partial charge in [0.15, 0.2) is 5.13 Å². The van der Waals surface area contributed by atoms with Crippen molar-refractivity contribution in [1.82, 2.24) is 4.98 Å². The summed E-state index contributed by atoms with van der Waals surface area (Å²) in [6.45, 7) is 12.6. The number of ether oxygens (including phenoxy) is 2. The molecule has 7 nitrogen and oxygen atoms in total. The van der Waals surface area contributed by atoms with Gasteiger partial charge in [-0.1, -0.05) is 6.07 Å². The van der Waals surface area contributed by atoms with Gasteiger partial charge >= 0.3 is 5.97 Å². The third-order valence-electron chi connectivity index (χ3n) is 4.26. The number of thiazole rings is 1. The van der Waals surface area contributed by atoms with Gasteiger partial charge in [-0.3, -0.25) is 14.9 Å². The third kappa shape index (κ3) is 7.42. The molecule has 2 rings (SSSR count). The predicted molar refractivity (Wildman–Crippen MR) is 120 cm³/mol. The van der Waals surface area contributed by atoms with E-state index in [-0.39, 0.29) is 18.3 Å². The molecule has 30 heavy (non-hydrogen) atoms. The molecule has 0 saturated heterocycles. The summed E-state index contributed by atoms with van der Waals surface area (Å²) in [5.74, 6) is -0.450. The number of carbonyl (C=O) groups is 2. The van der Waals surface area contributed by atoms with Crippen LogP contribution >= 0.6 is 11.3 Å². The molecule has 0 aliphatic rings. The highest BCUT2D eigenvalue weighted by Crippen LogP contribution is 2.24. The van der Waals surface area contributed by atoms with E-state index in [1.807, 2.05) is 53.7 Å². The number of benzene rings is 1. The maximum Gasteiger partial charge on any atom is 0.308 e. The van der Waals surface area contributed by atoms with Crippen LogP contribution in [0.3, 0.4) is 0 Å². The van der Waals surface area contributed by atoms with Crippen molar-refractivity contribution in [2.75, 3.05) is 30.4 Å². The Morgan fingerprint density at radius 3 is 2.50 bits per heavy atom. The molecule has 1 aromatic heterocycles. The molecule has 1 heterocycles. The summed E-state index contributed by atoms with van der Waals surface area (Å²) >= 11 is 1.47. The second-order valence-electron chi connectivity index (χ2n) is 7.97. The van der Waals surface area contributed by atoms with Gasteiger partial charge in [0.25, 0.3) is 5.91 Å². The van der Waals surface area contributed by atoms with Crippen LogP contribution in [0.4, 0.5) is 10.8 Å². The Morgan fingerprint density at radius 1 is 1.13 bits per heavy atom. The maximum atomic E-state index is 12.6. The van der Waals surface area contributed by atoms with Crippen LogP contribution in [-0.4, -0.2) is 42.2 Å². The van der Waals surface area contributed by atoms with Crippen molar-refractivity contribution in [3.05, 3.63) is 39.9 Å². The maximum absolute atomic E-state index is 12.6. The lowest BCUT2D eigenvalue weighted by molar-refractivity contribution is -0.155. The summed E-state index contributed by atoms with van der Waals surface area (Å²) in [5.41, 5.74) is 2.76. The molecule has 0 spiro atoms. The monoisotopic (exact) mass is 433 g/mol. The Bertz CT molecular complexity index is 867. The Morgan fingerprint density at radius 2 is 1.87 bits per heavy atom. The molecule has 0 atom stereocenters. The topological polar surface area (TPSA) is 89.5 Å². The summed E-state index contributed by atoms with van der Waals surface area (Å²) in [6, 6.07) is 5.55. The summed E-state index contributed by atoms with van der Waals surface area (Å²) in [7, 11) is 0. The number of aryl methyl sites for hydroxylation is 2. The highest BCUT2D eigenvalue weighted by molar-refractivity contribution is 7.15. The van der Waals surface area contributed by atoms with Crippen LogP contribution in [0, 0.1) is 20.8 Å². The summed E-state index contributed by atoms with van der Waals surface area (Å²) in [5, 5.41) is 6.75. The second kappa shape index (κ2) is 10.5. The summed E-state index contributed by atoms with van der Waals surface area (Å²) < 4.78 is 10.7. The van der Waals surface area contributed by atoms with Crippen LogP contribution in [-0.2, 0) is 14.3 Å². The van der Waals surface area contributed by atoms with Gasteiger partial charge in [-0.2, -0.15) is 0 Å². The standard InChI is InChI=1S/C22H31N3O4S/c1-14-17(20(27)25-21-24-15(2)16(3)30-21)8-7-9-18(14)23-11-13-28-12-10-19(26)29-22(4,5)6/h7-9,23H,10-13H2,1-6H3,(H,24,25,27). The largest absolute Gasteiger partial charge is 0.460 e. The lowest BCUT2D eigenvalue weighted by Gasteiger charge is -2.19. The Hall–Kier alpha value is -2.45. The first kappa shape index (κ1) is 23.8. The number of carbonyl (C=O) groups excluding carboxylic acids is 2. The van der Waals surface area contributed by atoms with E-state index in [2.05, 4.69) is 15.6 Å². The van der Waals surface area contributed by atoms with E-state index in [1.54, 1.807) is 6.07 Å². The van der Waals surface area contributed by atoms with Gasteiger partial charge in [0, 0.05) is 22.7 Å². The first-order valence-electron chi connectivity index (χ1n) is 9.95. The Labute approximate surface area is 182 Å². The van der Waals surface area contributed by atoms with Crippen molar-refractivity contribution in [3.8, 4) is 0 Å². The fraction of sp³-hybridized carbons (Fsp3) is 0.500. The fourth-order valence-electron chi connectivity index (χ4n) is 2.67. The molecule has 1 aromatic carbocycles. The van der Waals surface area contributed by atoms with Crippen LogP contribution in [0.1, 0.15) is 53.7 Å². The number of esters is 1. The smallest absolute Gasteiger partial charge is 0.308 e. The first-order valence-corrected chi connectivity index (χ1v) is 10.8. The van der Waals surface area contributed by atoms with Gasteiger partial charge in [0.1, 0.15) is 5.60 Å². The molecule has 0 aliphatic carbocycles. The van der Waals surface area contributed by atoms with Gasteiger partial charge in [-0.05, 0) is 59.2 Å². The minimum absolute atomic E-state index is 0.182. The van der Waals surface area contributed by atoms with E-state index in [9.17, 15) is 9.59 Å². The number of hydrogen-bond acceptors (Lipinski definition) is 7. The van der Waals surface area contributed by atoms with Crippen molar-refractivity contribution < 1.29 is 19.1 Å². The number of amides is 1. The Balaban J connectivity index is 1.80. The summed E-state index contributed by atoms with van der Waals surface area (Å²) in [6.07, 6.45) is 0.224. The first-order chi connectivity index (χ1) is 14.1. The minimum Gasteiger partial charge on any atom is -0.460 e. The summed E-state index contributed by atoms with van der Waals surface area (Å²) in [4.78, 5) is 29.7. The van der Waals surface area contributed by atoms with Crippen LogP contribution in [0.5, 0.6) is 0 Å². The highest BCUT2D eigenvalue weighted by Gasteiger charge is 2.16. The molecule has 8 heteroatoms. The average molecular weight is 434 g/mol. The molecule has 1 amide bonds. The molecule has 2 aromatic rings.